The summed E-state index contributed by atoms with van der Waals surface area (Å²) in [6, 6.07) is 6.96. The summed E-state index contributed by atoms with van der Waals surface area (Å²) in [4.78, 5) is 11.3. The number of benzene rings is 1. The maximum Gasteiger partial charge on any atom is 0.249 e. The van der Waals surface area contributed by atoms with Crippen molar-refractivity contribution in [3.8, 4) is 6.07 Å². The van der Waals surface area contributed by atoms with Gasteiger partial charge in [-0.15, -0.1) is 0 Å². The first-order valence-electron chi connectivity index (χ1n) is 12.2. The number of nitrogens with two attached hydrogens (primary N) is 1. The van der Waals surface area contributed by atoms with Gasteiger partial charge in [0, 0.05) is 41.8 Å². The summed E-state index contributed by atoms with van der Waals surface area (Å²) in [6.45, 7) is 0. The van der Waals surface area contributed by atoms with Crippen LogP contribution in [-0.2, 0) is 0 Å². The topological polar surface area (TPSA) is 137 Å². The molecule has 3 aromatic heterocycles. The second kappa shape index (κ2) is 11.0. The van der Waals surface area contributed by atoms with E-state index in [1.165, 1.54) is 24.5 Å². The van der Waals surface area contributed by atoms with Gasteiger partial charge >= 0.3 is 0 Å². The molecule has 1 atom stereocenters. The first-order chi connectivity index (χ1) is 19.2. The van der Waals surface area contributed by atoms with Crippen molar-refractivity contribution in [3.63, 3.8) is 0 Å². The molecular weight excluding hydrogens is 531 g/mol. The predicted molar refractivity (Wildman–Crippen MR) is 141 cm³/mol. The van der Waals surface area contributed by atoms with Gasteiger partial charge in [0.25, 0.3) is 0 Å². The monoisotopic (exact) mass is 552 g/mol. The van der Waals surface area contributed by atoms with Crippen LogP contribution in [0.3, 0.4) is 0 Å². The lowest BCUT2D eigenvalue weighted by Crippen LogP contribution is -2.31. The zero-order valence-corrected chi connectivity index (χ0v) is 20.8. The number of anilines is 3. The summed E-state index contributed by atoms with van der Waals surface area (Å²) in [5, 5.41) is 19.4. The second-order valence-corrected chi connectivity index (χ2v) is 9.05. The van der Waals surface area contributed by atoms with Gasteiger partial charge < -0.3 is 21.4 Å². The lowest BCUT2D eigenvalue weighted by atomic mass is 10.0. The normalized spacial score (nSPS) is 15.2. The Balaban J connectivity index is 1.62. The van der Waals surface area contributed by atoms with Crippen molar-refractivity contribution in [1.29, 1.82) is 5.26 Å². The van der Waals surface area contributed by atoms with Crippen LogP contribution in [0.4, 0.5) is 30.2 Å². The lowest BCUT2D eigenvalue weighted by Gasteiger charge is -2.24. The standard InChI is InChI=1S/C26H21ClF3N9/c27-19-6-16(37-24(13-1-4-22(29)34-9-13)21(39-32)12-33-15-2-3-15)5-18-23(14(8-31)10-35-25(18)19)38-17-7-20(28)26(30)36-11-17/h1,4-7,9-12,15,24,33,37,39H,2-3,32H2,(H,35,38)/b21-12-/i24D. The van der Waals surface area contributed by atoms with Gasteiger partial charge in [0.05, 0.1) is 46.8 Å². The molecule has 198 valence electrons. The lowest BCUT2D eigenvalue weighted by molar-refractivity contribution is 0.480. The van der Waals surface area contributed by atoms with E-state index >= 15 is 0 Å². The molecular formula is C26H21ClF3N9. The minimum Gasteiger partial charge on any atom is -0.387 e. The van der Waals surface area contributed by atoms with Crippen LogP contribution in [0, 0.1) is 29.0 Å². The summed E-state index contributed by atoms with van der Waals surface area (Å²) < 4.78 is 50.3. The van der Waals surface area contributed by atoms with Crippen LogP contribution in [0.2, 0.25) is 5.02 Å². The molecule has 1 unspecified atom stereocenters. The fourth-order valence-corrected chi connectivity index (χ4v) is 4.05. The first kappa shape index (κ1) is 24.7. The molecule has 1 aliphatic carbocycles. The number of hydrogen-bond donors (Lipinski definition) is 5. The largest absolute Gasteiger partial charge is 0.387 e. The van der Waals surface area contributed by atoms with E-state index in [0.29, 0.717) is 16.6 Å². The van der Waals surface area contributed by atoms with Crippen molar-refractivity contribution < 1.29 is 14.5 Å². The highest BCUT2D eigenvalue weighted by Gasteiger charge is 2.23. The van der Waals surface area contributed by atoms with Gasteiger partial charge in [0.2, 0.25) is 11.9 Å². The van der Waals surface area contributed by atoms with E-state index in [1.807, 2.05) is 6.07 Å². The maximum absolute atomic E-state index is 13.8. The number of hydrogen-bond acceptors (Lipinski definition) is 9. The third kappa shape index (κ3) is 5.79. The number of nitrogens with zero attached hydrogens (tertiary/aromatic N) is 4. The number of halogens is 4. The molecule has 4 aromatic rings. The Morgan fingerprint density at radius 3 is 2.62 bits per heavy atom. The molecule has 0 bridgehead atoms. The molecule has 6 N–H and O–H groups in total. The van der Waals surface area contributed by atoms with Crippen LogP contribution in [-0.4, -0.2) is 21.0 Å². The molecule has 0 amide bonds. The quantitative estimate of drug-likeness (QED) is 0.111. The Hall–Kier alpha value is -4.60. The number of hydrazine groups is 1. The number of nitriles is 1. The molecule has 1 aliphatic rings. The third-order valence-electron chi connectivity index (χ3n) is 5.86. The highest BCUT2D eigenvalue weighted by Crippen LogP contribution is 2.36. The van der Waals surface area contributed by atoms with Gasteiger partial charge in [-0.2, -0.15) is 14.0 Å². The molecule has 9 nitrogen and oxygen atoms in total. The average molecular weight is 553 g/mol. The highest BCUT2D eigenvalue weighted by atomic mass is 35.5. The molecule has 1 fully saturated rings. The molecule has 0 aliphatic heterocycles. The van der Waals surface area contributed by atoms with Crippen LogP contribution in [0.15, 0.2) is 60.8 Å². The maximum atomic E-state index is 13.8. The molecule has 1 aromatic carbocycles. The number of pyridine rings is 3. The highest BCUT2D eigenvalue weighted by molar-refractivity contribution is 6.36. The molecule has 0 radical (unpaired) electrons. The third-order valence-corrected chi connectivity index (χ3v) is 6.15. The Kier molecular flexibility index (Phi) is 6.99. The molecule has 1 saturated carbocycles. The Morgan fingerprint density at radius 1 is 1.13 bits per heavy atom. The van der Waals surface area contributed by atoms with Crippen molar-refractivity contribution in [1.82, 2.24) is 25.7 Å². The number of fused-ring (bicyclic) bond motifs is 1. The van der Waals surface area contributed by atoms with E-state index < -0.39 is 23.7 Å². The Morgan fingerprint density at radius 2 is 1.95 bits per heavy atom. The van der Waals surface area contributed by atoms with Gasteiger partial charge in [0.1, 0.15) is 6.07 Å². The van der Waals surface area contributed by atoms with Crippen molar-refractivity contribution in [2.45, 2.75) is 24.9 Å². The van der Waals surface area contributed by atoms with Crippen molar-refractivity contribution in [2.75, 3.05) is 10.6 Å². The first-order valence-corrected chi connectivity index (χ1v) is 12.0. The number of rotatable bonds is 9. The van der Waals surface area contributed by atoms with Crippen LogP contribution in [0.1, 0.15) is 31.4 Å². The van der Waals surface area contributed by atoms with E-state index in [4.69, 9.17) is 17.4 Å². The minimum absolute atomic E-state index is 0.0771. The van der Waals surface area contributed by atoms with Crippen LogP contribution in [0.5, 0.6) is 0 Å². The van der Waals surface area contributed by atoms with Crippen molar-refractivity contribution >= 4 is 39.6 Å². The van der Waals surface area contributed by atoms with Gasteiger partial charge in [-0.25, -0.2) is 14.4 Å². The molecule has 0 spiro atoms. The van der Waals surface area contributed by atoms with E-state index in [1.54, 1.807) is 12.3 Å². The zero-order valence-electron chi connectivity index (χ0n) is 21.1. The van der Waals surface area contributed by atoms with Crippen LogP contribution >= 0.6 is 11.6 Å². The van der Waals surface area contributed by atoms with E-state index in [9.17, 15) is 19.8 Å². The van der Waals surface area contributed by atoms with E-state index in [-0.39, 0.29) is 39.3 Å². The van der Waals surface area contributed by atoms with Gasteiger partial charge in [-0.1, -0.05) is 17.7 Å². The van der Waals surface area contributed by atoms with Crippen LogP contribution in [0.25, 0.3) is 10.9 Å². The van der Waals surface area contributed by atoms with Gasteiger partial charge in [-0.05, 0) is 36.6 Å². The summed E-state index contributed by atoms with van der Waals surface area (Å²) in [5.74, 6) is 2.65. The Labute approximate surface area is 227 Å². The smallest absolute Gasteiger partial charge is 0.249 e. The van der Waals surface area contributed by atoms with Crippen LogP contribution < -0.4 is 27.2 Å². The molecule has 13 heteroatoms. The fourth-order valence-electron chi connectivity index (χ4n) is 3.79. The minimum atomic E-state index is -1.81. The van der Waals surface area contributed by atoms with Gasteiger partial charge in [0.15, 0.2) is 5.82 Å². The number of aromatic nitrogens is 3. The van der Waals surface area contributed by atoms with Gasteiger partial charge in [-0.3, -0.25) is 10.8 Å². The van der Waals surface area contributed by atoms with E-state index in [2.05, 4.69) is 36.3 Å². The summed E-state index contributed by atoms with van der Waals surface area (Å²) in [6.07, 6.45) is 7.09. The van der Waals surface area contributed by atoms with E-state index in [0.717, 1.165) is 31.2 Å². The molecule has 3 heterocycles. The molecule has 5 rings (SSSR count). The summed E-state index contributed by atoms with van der Waals surface area (Å²) in [5.41, 5.74) is 3.94. The summed E-state index contributed by atoms with van der Waals surface area (Å²) >= 11 is 6.57. The number of nitrogens with one attached hydrogen (secondary N) is 4. The van der Waals surface area contributed by atoms with Crippen molar-refractivity contribution in [3.05, 3.63) is 94.7 Å². The van der Waals surface area contributed by atoms with Crippen molar-refractivity contribution in [2.24, 2.45) is 5.84 Å². The second-order valence-electron chi connectivity index (χ2n) is 8.65. The molecule has 0 saturated heterocycles. The Bertz CT molecular complexity index is 1660. The zero-order chi connectivity index (χ0) is 28.4. The average Bonchev–Trinajstić information content (AvgIpc) is 3.76. The summed E-state index contributed by atoms with van der Waals surface area (Å²) in [7, 11) is 0. The SMILES string of the molecule is [2H]C(Nc1cc(Cl)c2ncc(C#N)c(Nc3cnc(F)c(F)c3)c2c1)(/C(=C/NC1CC1)NN)c1ccc(F)nc1. The fraction of sp³-hybridized carbons (Fsp3) is 0.154. The predicted octanol–water partition coefficient (Wildman–Crippen LogP) is 4.92. The molecule has 39 heavy (non-hydrogen) atoms.